The van der Waals surface area contributed by atoms with Crippen molar-refractivity contribution in [3.05, 3.63) is 12.7 Å². The van der Waals surface area contributed by atoms with Crippen LogP contribution in [-0.2, 0) is 14.6 Å². The molecule has 1 atom stereocenters. The van der Waals surface area contributed by atoms with Crippen molar-refractivity contribution in [1.29, 1.82) is 0 Å². The zero-order valence-corrected chi connectivity index (χ0v) is 16.6. The molecule has 0 aromatic heterocycles. The lowest BCUT2D eigenvalue weighted by atomic mass is 9.94. The average molecular weight is 373 g/mol. The molecule has 0 radical (unpaired) electrons. The molecule has 0 spiro atoms. The van der Waals surface area contributed by atoms with Crippen molar-refractivity contribution in [2.24, 2.45) is 0 Å². The Labute approximate surface area is 152 Å². The molecule has 25 heavy (non-hydrogen) atoms. The monoisotopic (exact) mass is 372 g/mol. The molecule has 1 saturated heterocycles. The van der Waals surface area contributed by atoms with Crippen LogP contribution < -0.4 is 0 Å². The zero-order chi connectivity index (χ0) is 18.7. The van der Waals surface area contributed by atoms with Crippen molar-refractivity contribution in [2.75, 3.05) is 25.4 Å². The summed E-state index contributed by atoms with van der Waals surface area (Å²) in [6.07, 6.45) is 6.71. The van der Waals surface area contributed by atoms with Gasteiger partial charge in [0.15, 0.2) is 9.84 Å². The molecule has 2 rings (SSSR count). The topological polar surface area (TPSA) is 66.9 Å². The van der Waals surface area contributed by atoms with Gasteiger partial charge in [0.1, 0.15) is 11.0 Å². The number of hydrogen-bond acceptors (Lipinski definition) is 5. The van der Waals surface area contributed by atoms with Gasteiger partial charge in [-0.2, -0.15) is 0 Å². The van der Waals surface area contributed by atoms with E-state index in [1.54, 1.807) is 20.8 Å². The lowest BCUT2D eigenvalue weighted by Gasteiger charge is -2.44. The van der Waals surface area contributed by atoms with E-state index in [-0.39, 0.29) is 5.75 Å². The molecule has 1 saturated carbocycles. The van der Waals surface area contributed by atoms with Crippen LogP contribution in [0.1, 0.15) is 52.9 Å². The molecular weight excluding hydrogens is 340 g/mol. The van der Waals surface area contributed by atoms with Gasteiger partial charge in [-0.05, 0) is 33.6 Å². The fourth-order valence-corrected chi connectivity index (χ4v) is 5.21. The summed E-state index contributed by atoms with van der Waals surface area (Å²) in [4.78, 5) is 16.2. The third-order valence-electron chi connectivity index (χ3n) is 4.85. The maximum Gasteiger partial charge on any atom is 0.411 e. The normalized spacial score (nSPS) is 24.1. The molecule has 144 valence electrons. The van der Waals surface area contributed by atoms with Crippen LogP contribution in [0.4, 0.5) is 4.79 Å². The van der Waals surface area contributed by atoms with Gasteiger partial charge in [-0.15, -0.1) is 6.58 Å². The molecule has 1 aliphatic carbocycles. The number of hydrogen-bond donors (Lipinski definition) is 0. The summed E-state index contributed by atoms with van der Waals surface area (Å²) in [5.41, 5.74) is -0.648. The predicted octanol–water partition coefficient (Wildman–Crippen LogP) is 2.80. The number of nitrogens with zero attached hydrogens (tertiary/aromatic N) is 2. The summed E-state index contributed by atoms with van der Waals surface area (Å²) in [5, 5.41) is -0.865. The number of carbonyl (C=O) groups is 1. The van der Waals surface area contributed by atoms with Gasteiger partial charge in [-0.3, -0.25) is 9.80 Å². The molecule has 1 unspecified atom stereocenters. The Balaban J connectivity index is 2.18. The van der Waals surface area contributed by atoms with Crippen LogP contribution in [0.3, 0.4) is 0 Å². The molecule has 1 heterocycles. The minimum Gasteiger partial charge on any atom is -0.444 e. The standard InChI is InChI=1S/C18H32N2O4S/c1-5-13-25(22,23)16-14-19(15-9-7-6-8-10-15)11-12-20(16)17(21)24-18(2,3)4/h5,15-16H,1,6-14H2,2-4H3. The largest absolute Gasteiger partial charge is 0.444 e. The summed E-state index contributed by atoms with van der Waals surface area (Å²) in [5.74, 6) is -0.129. The highest BCUT2D eigenvalue weighted by Crippen LogP contribution is 2.27. The Hall–Kier alpha value is -1.08. The molecule has 0 N–H and O–H groups in total. The van der Waals surface area contributed by atoms with Crippen molar-refractivity contribution < 1.29 is 17.9 Å². The Morgan fingerprint density at radius 1 is 1.20 bits per heavy atom. The van der Waals surface area contributed by atoms with Gasteiger partial charge >= 0.3 is 6.09 Å². The number of carbonyl (C=O) groups excluding carboxylic acids is 1. The fraction of sp³-hybridized carbons (Fsp3) is 0.833. The number of rotatable bonds is 4. The van der Waals surface area contributed by atoms with Crippen LogP contribution in [0.2, 0.25) is 0 Å². The molecule has 7 heteroatoms. The molecular formula is C18H32N2O4S. The van der Waals surface area contributed by atoms with Crippen molar-refractivity contribution in [3.63, 3.8) is 0 Å². The van der Waals surface area contributed by atoms with Crippen LogP contribution in [0.25, 0.3) is 0 Å². The Bertz CT molecular complexity index is 576. The van der Waals surface area contributed by atoms with E-state index in [4.69, 9.17) is 4.74 Å². The van der Waals surface area contributed by atoms with Gasteiger partial charge in [-0.25, -0.2) is 13.2 Å². The quantitative estimate of drug-likeness (QED) is 0.710. The van der Waals surface area contributed by atoms with E-state index in [0.717, 1.165) is 12.8 Å². The van der Waals surface area contributed by atoms with Gasteiger partial charge < -0.3 is 4.74 Å². The second-order valence-electron chi connectivity index (χ2n) is 8.03. The lowest BCUT2D eigenvalue weighted by molar-refractivity contribution is 0.00205. The van der Waals surface area contributed by atoms with E-state index >= 15 is 0 Å². The Morgan fingerprint density at radius 3 is 2.40 bits per heavy atom. The van der Waals surface area contributed by atoms with Gasteiger partial charge in [-0.1, -0.05) is 25.3 Å². The smallest absolute Gasteiger partial charge is 0.411 e. The Kier molecular flexibility index (Phi) is 6.54. The van der Waals surface area contributed by atoms with Crippen molar-refractivity contribution >= 4 is 15.9 Å². The van der Waals surface area contributed by atoms with Crippen molar-refractivity contribution in [1.82, 2.24) is 9.80 Å². The summed E-state index contributed by atoms with van der Waals surface area (Å²) < 4.78 is 30.9. The number of piperazine rings is 1. The highest BCUT2D eigenvalue weighted by Gasteiger charge is 2.41. The van der Waals surface area contributed by atoms with Crippen molar-refractivity contribution in [3.8, 4) is 0 Å². The number of amides is 1. The SMILES string of the molecule is C=CCS(=O)(=O)C1CN(C2CCCCC2)CCN1C(=O)OC(C)(C)C. The zero-order valence-electron chi connectivity index (χ0n) is 15.7. The minimum atomic E-state index is -3.49. The van der Waals surface area contributed by atoms with E-state index in [1.165, 1.54) is 30.2 Å². The van der Waals surface area contributed by atoms with Crippen LogP contribution in [0.15, 0.2) is 12.7 Å². The van der Waals surface area contributed by atoms with Crippen LogP contribution >= 0.6 is 0 Å². The number of sulfone groups is 1. The maximum atomic E-state index is 12.7. The van der Waals surface area contributed by atoms with Gasteiger partial charge in [0.2, 0.25) is 0 Å². The van der Waals surface area contributed by atoms with Gasteiger partial charge in [0, 0.05) is 25.7 Å². The maximum absolute atomic E-state index is 12.7. The molecule has 1 aliphatic heterocycles. The highest BCUT2D eigenvalue weighted by atomic mass is 32.2. The van der Waals surface area contributed by atoms with Crippen LogP contribution in [0, 0.1) is 0 Å². The Morgan fingerprint density at radius 2 is 1.84 bits per heavy atom. The second-order valence-corrected chi connectivity index (χ2v) is 10.2. The minimum absolute atomic E-state index is 0.129. The fourth-order valence-electron chi connectivity index (χ4n) is 3.66. The van der Waals surface area contributed by atoms with Crippen LogP contribution in [0.5, 0.6) is 0 Å². The van der Waals surface area contributed by atoms with Gasteiger partial charge in [0.25, 0.3) is 0 Å². The van der Waals surface area contributed by atoms with E-state index in [0.29, 0.717) is 25.7 Å². The number of ether oxygens (including phenoxy) is 1. The van der Waals surface area contributed by atoms with E-state index in [2.05, 4.69) is 11.5 Å². The first kappa shape index (κ1) is 20.2. The van der Waals surface area contributed by atoms with Gasteiger partial charge in [0.05, 0.1) is 5.75 Å². The molecule has 6 nitrogen and oxygen atoms in total. The molecule has 0 bridgehead atoms. The average Bonchev–Trinajstić information content (AvgIpc) is 2.53. The van der Waals surface area contributed by atoms with Crippen LogP contribution in [-0.4, -0.2) is 66.7 Å². The van der Waals surface area contributed by atoms with Crippen molar-refractivity contribution in [2.45, 2.75) is 69.9 Å². The first-order valence-electron chi connectivity index (χ1n) is 9.20. The first-order chi connectivity index (χ1) is 11.6. The lowest BCUT2D eigenvalue weighted by Crippen LogP contribution is -2.61. The first-order valence-corrected chi connectivity index (χ1v) is 10.9. The third-order valence-corrected chi connectivity index (χ3v) is 6.78. The van der Waals surface area contributed by atoms with E-state index in [1.807, 2.05) is 0 Å². The molecule has 0 aromatic carbocycles. The van der Waals surface area contributed by atoms with E-state index < -0.39 is 26.9 Å². The molecule has 2 fully saturated rings. The third kappa shape index (κ3) is 5.45. The summed E-state index contributed by atoms with van der Waals surface area (Å²) in [7, 11) is -3.49. The molecule has 1 amide bonds. The summed E-state index contributed by atoms with van der Waals surface area (Å²) >= 11 is 0. The summed E-state index contributed by atoms with van der Waals surface area (Å²) in [6, 6.07) is 0.427. The highest BCUT2D eigenvalue weighted by molar-refractivity contribution is 7.92. The summed E-state index contributed by atoms with van der Waals surface area (Å²) in [6.45, 7) is 10.4. The predicted molar refractivity (Wildman–Crippen MR) is 99.2 cm³/mol. The molecule has 0 aromatic rings. The molecule has 2 aliphatic rings. The van der Waals surface area contributed by atoms with E-state index in [9.17, 15) is 13.2 Å². The second kappa shape index (κ2) is 8.08.